The Kier molecular flexibility index (Phi) is 5.31. The Labute approximate surface area is 120 Å². The van der Waals surface area contributed by atoms with E-state index in [-0.39, 0.29) is 12.5 Å². The van der Waals surface area contributed by atoms with Gasteiger partial charge in [-0.05, 0) is 31.4 Å². The highest BCUT2D eigenvalue weighted by Gasteiger charge is 2.30. The van der Waals surface area contributed by atoms with Gasteiger partial charge in [0.1, 0.15) is 0 Å². The zero-order chi connectivity index (χ0) is 15.3. The minimum atomic E-state index is -0.907. The van der Waals surface area contributed by atoms with E-state index in [1.165, 1.54) is 5.56 Å². The van der Waals surface area contributed by atoms with E-state index < -0.39 is 17.3 Å². The van der Waals surface area contributed by atoms with Crippen LogP contribution in [-0.4, -0.2) is 23.5 Å². The summed E-state index contributed by atoms with van der Waals surface area (Å²) in [5.41, 5.74) is 1.48. The molecule has 0 radical (unpaired) electrons. The van der Waals surface area contributed by atoms with Crippen molar-refractivity contribution >= 4 is 11.9 Å². The summed E-state index contributed by atoms with van der Waals surface area (Å²) in [6.07, 6.45) is 0.961. The van der Waals surface area contributed by atoms with Crippen LogP contribution in [0.1, 0.15) is 38.8 Å². The number of rotatable bonds is 6. The molecule has 0 saturated carbocycles. The lowest BCUT2D eigenvalue weighted by Gasteiger charge is -2.25. The zero-order valence-corrected chi connectivity index (χ0v) is 12.6. The van der Waals surface area contributed by atoms with Crippen LogP contribution >= 0.6 is 0 Å². The van der Waals surface area contributed by atoms with Crippen LogP contribution in [0.2, 0.25) is 0 Å². The van der Waals surface area contributed by atoms with Gasteiger partial charge in [-0.3, -0.25) is 9.59 Å². The summed E-state index contributed by atoms with van der Waals surface area (Å²) in [5, 5.41) is 11.5. The van der Waals surface area contributed by atoms with E-state index in [0.29, 0.717) is 0 Å². The Morgan fingerprint density at radius 1 is 1.25 bits per heavy atom. The second kappa shape index (κ2) is 6.55. The SMILES string of the molecule is CCc1ccc(C(C)(C)C(=O)NCC(C)C(=O)O)cc1. The highest BCUT2D eigenvalue weighted by atomic mass is 16.4. The van der Waals surface area contributed by atoms with Gasteiger partial charge in [0.15, 0.2) is 0 Å². The third-order valence-corrected chi connectivity index (χ3v) is 3.64. The number of amides is 1. The number of aryl methyl sites for hydroxylation is 1. The van der Waals surface area contributed by atoms with Gasteiger partial charge < -0.3 is 10.4 Å². The molecule has 1 aromatic rings. The Bertz CT molecular complexity index is 477. The van der Waals surface area contributed by atoms with E-state index in [0.717, 1.165) is 12.0 Å². The summed E-state index contributed by atoms with van der Waals surface area (Å²) in [5.74, 6) is -1.65. The monoisotopic (exact) mass is 277 g/mol. The average Bonchev–Trinajstić information content (AvgIpc) is 2.44. The molecule has 0 fully saturated rings. The smallest absolute Gasteiger partial charge is 0.308 e. The summed E-state index contributed by atoms with van der Waals surface area (Å²) in [6, 6.07) is 7.95. The molecular formula is C16H23NO3. The highest BCUT2D eigenvalue weighted by Crippen LogP contribution is 2.24. The Hall–Kier alpha value is -1.84. The number of carbonyl (C=O) groups is 2. The molecule has 0 aliphatic carbocycles. The predicted octanol–water partition coefficient (Wildman–Crippen LogP) is 2.36. The van der Waals surface area contributed by atoms with Crippen molar-refractivity contribution in [3.63, 3.8) is 0 Å². The van der Waals surface area contributed by atoms with E-state index in [2.05, 4.69) is 12.2 Å². The van der Waals surface area contributed by atoms with Gasteiger partial charge in [-0.1, -0.05) is 38.1 Å². The normalized spacial score (nSPS) is 12.8. The number of aliphatic carboxylic acids is 1. The van der Waals surface area contributed by atoms with Crippen LogP contribution < -0.4 is 5.32 Å². The van der Waals surface area contributed by atoms with Gasteiger partial charge in [-0.15, -0.1) is 0 Å². The highest BCUT2D eigenvalue weighted by molar-refractivity contribution is 5.87. The van der Waals surface area contributed by atoms with E-state index in [4.69, 9.17) is 5.11 Å². The van der Waals surface area contributed by atoms with Gasteiger partial charge in [0.2, 0.25) is 5.91 Å². The van der Waals surface area contributed by atoms with Gasteiger partial charge in [0, 0.05) is 6.54 Å². The first-order valence-electron chi connectivity index (χ1n) is 6.89. The third kappa shape index (κ3) is 3.83. The van der Waals surface area contributed by atoms with Crippen molar-refractivity contribution in [2.75, 3.05) is 6.54 Å². The van der Waals surface area contributed by atoms with Crippen LogP contribution in [0.5, 0.6) is 0 Å². The Balaban J connectivity index is 2.75. The fraction of sp³-hybridized carbons (Fsp3) is 0.500. The lowest BCUT2D eigenvalue weighted by Crippen LogP contribution is -2.42. The number of nitrogens with one attached hydrogen (secondary N) is 1. The molecule has 1 amide bonds. The van der Waals surface area contributed by atoms with Gasteiger partial charge in [-0.25, -0.2) is 0 Å². The topological polar surface area (TPSA) is 66.4 Å². The van der Waals surface area contributed by atoms with Crippen LogP contribution in [0.25, 0.3) is 0 Å². The number of hydrogen-bond donors (Lipinski definition) is 2. The number of benzene rings is 1. The number of hydrogen-bond acceptors (Lipinski definition) is 2. The van der Waals surface area contributed by atoms with E-state index in [1.54, 1.807) is 6.92 Å². The molecule has 0 heterocycles. The molecule has 0 aliphatic rings. The van der Waals surface area contributed by atoms with Gasteiger partial charge in [0.25, 0.3) is 0 Å². The van der Waals surface area contributed by atoms with Gasteiger partial charge >= 0.3 is 5.97 Å². The molecule has 4 nitrogen and oxygen atoms in total. The third-order valence-electron chi connectivity index (χ3n) is 3.64. The quantitative estimate of drug-likeness (QED) is 0.839. The molecule has 110 valence electrons. The molecule has 1 atom stereocenters. The summed E-state index contributed by atoms with van der Waals surface area (Å²) >= 11 is 0. The average molecular weight is 277 g/mol. The molecule has 0 spiro atoms. The van der Waals surface area contributed by atoms with E-state index in [9.17, 15) is 9.59 Å². The van der Waals surface area contributed by atoms with Crippen molar-refractivity contribution in [2.45, 2.75) is 39.5 Å². The molecule has 20 heavy (non-hydrogen) atoms. The van der Waals surface area contributed by atoms with Crippen LogP contribution in [0.4, 0.5) is 0 Å². The molecule has 2 N–H and O–H groups in total. The lowest BCUT2D eigenvalue weighted by atomic mass is 9.83. The first-order chi connectivity index (χ1) is 9.28. The summed E-state index contributed by atoms with van der Waals surface area (Å²) in [4.78, 5) is 23.0. The largest absolute Gasteiger partial charge is 0.481 e. The first kappa shape index (κ1) is 16.2. The predicted molar refractivity (Wildman–Crippen MR) is 78.7 cm³/mol. The fourth-order valence-electron chi connectivity index (χ4n) is 1.84. The summed E-state index contributed by atoms with van der Waals surface area (Å²) in [6.45, 7) is 7.49. The molecule has 0 aromatic heterocycles. The van der Waals surface area contributed by atoms with Crippen molar-refractivity contribution in [1.82, 2.24) is 5.32 Å². The second-order valence-corrected chi connectivity index (χ2v) is 5.62. The van der Waals surface area contributed by atoms with E-state index >= 15 is 0 Å². The van der Waals surface area contributed by atoms with Crippen LogP contribution in [0, 0.1) is 5.92 Å². The minimum absolute atomic E-state index is 0.143. The molecular weight excluding hydrogens is 254 g/mol. The standard InChI is InChI=1S/C16H23NO3/c1-5-12-6-8-13(9-7-12)16(3,4)15(20)17-10-11(2)14(18)19/h6-9,11H,5,10H2,1-4H3,(H,17,20)(H,18,19). The molecule has 0 aliphatic heterocycles. The lowest BCUT2D eigenvalue weighted by molar-refractivity contribution is -0.141. The Morgan fingerprint density at radius 2 is 1.80 bits per heavy atom. The number of carboxylic acids is 1. The number of carboxylic acid groups (broad SMARTS) is 1. The van der Waals surface area contributed by atoms with Crippen molar-refractivity contribution in [3.05, 3.63) is 35.4 Å². The van der Waals surface area contributed by atoms with Crippen molar-refractivity contribution < 1.29 is 14.7 Å². The summed E-state index contributed by atoms with van der Waals surface area (Å²) < 4.78 is 0. The van der Waals surface area contributed by atoms with Crippen LogP contribution in [-0.2, 0) is 21.4 Å². The fourth-order valence-corrected chi connectivity index (χ4v) is 1.84. The molecule has 1 unspecified atom stereocenters. The molecule has 1 rings (SSSR count). The van der Waals surface area contributed by atoms with Crippen molar-refractivity contribution in [3.8, 4) is 0 Å². The maximum Gasteiger partial charge on any atom is 0.308 e. The van der Waals surface area contributed by atoms with Crippen molar-refractivity contribution in [2.24, 2.45) is 5.92 Å². The van der Waals surface area contributed by atoms with Gasteiger partial charge in [0.05, 0.1) is 11.3 Å². The van der Waals surface area contributed by atoms with Gasteiger partial charge in [-0.2, -0.15) is 0 Å². The molecule has 4 heteroatoms. The number of carbonyl (C=O) groups excluding carboxylic acids is 1. The maximum atomic E-state index is 12.2. The minimum Gasteiger partial charge on any atom is -0.481 e. The van der Waals surface area contributed by atoms with Crippen LogP contribution in [0.15, 0.2) is 24.3 Å². The Morgan fingerprint density at radius 3 is 2.25 bits per heavy atom. The first-order valence-corrected chi connectivity index (χ1v) is 6.89. The second-order valence-electron chi connectivity index (χ2n) is 5.62. The van der Waals surface area contributed by atoms with E-state index in [1.807, 2.05) is 38.1 Å². The molecule has 1 aromatic carbocycles. The van der Waals surface area contributed by atoms with Crippen LogP contribution in [0.3, 0.4) is 0 Å². The maximum absolute atomic E-state index is 12.2. The van der Waals surface area contributed by atoms with Crippen molar-refractivity contribution in [1.29, 1.82) is 0 Å². The molecule has 0 bridgehead atoms. The molecule has 0 saturated heterocycles. The summed E-state index contributed by atoms with van der Waals surface area (Å²) in [7, 11) is 0. The zero-order valence-electron chi connectivity index (χ0n) is 12.6.